The van der Waals surface area contributed by atoms with Crippen molar-refractivity contribution < 1.29 is 0 Å². The van der Waals surface area contributed by atoms with Gasteiger partial charge in [0.2, 0.25) is 0 Å². The van der Waals surface area contributed by atoms with Crippen molar-refractivity contribution in [3.63, 3.8) is 0 Å². The van der Waals surface area contributed by atoms with E-state index in [4.69, 9.17) is 5.26 Å². The maximum atomic E-state index is 8.95. The fourth-order valence-corrected chi connectivity index (χ4v) is 3.15. The molecular weight excluding hydrogens is 222 g/mol. The van der Waals surface area contributed by atoms with Crippen molar-refractivity contribution in [3.05, 3.63) is 29.8 Å². The van der Waals surface area contributed by atoms with Crippen LogP contribution in [0.2, 0.25) is 0 Å². The zero-order valence-corrected chi connectivity index (χ0v) is 10.7. The van der Waals surface area contributed by atoms with E-state index in [0.29, 0.717) is 0 Å². The Morgan fingerprint density at radius 2 is 2.00 bits per heavy atom. The van der Waals surface area contributed by atoms with Gasteiger partial charge in [-0.3, -0.25) is 4.90 Å². The maximum absolute atomic E-state index is 8.95. The number of hydrogen-bond acceptors (Lipinski definition) is 3. The summed E-state index contributed by atoms with van der Waals surface area (Å²) in [5.74, 6) is 0. The quantitative estimate of drug-likeness (QED) is 0.795. The molecule has 0 bridgehead atoms. The van der Waals surface area contributed by atoms with Gasteiger partial charge in [-0.05, 0) is 50.6 Å². The Hall–Kier alpha value is -1.53. The minimum Gasteiger partial charge on any atom is -0.370 e. The lowest BCUT2D eigenvalue weighted by atomic mass is 10.2. The van der Waals surface area contributed by atoms with Crippen molar-refractivity contribution in [1.82, 2.24) is 4.90 Å². The van der Waals surface area contributed by atoms with Gasteiger partial charge in [0.05, 0.1) is 11.6 Å². The van der Waals surface area contributed by atoms with Gasteiger partial charge >= 0.3 is 0 Å². The Morgan fingerprint density at radius 1 is 1.17 bits per heavy atom. The molecule has 2 fully saturated rings. The maximum Gasteiger partial charge on any atom is 0.0992 e. The molecule has 0 aromatic heterocycles. The van der Waals surface area contributed by atoms with Crippen LogP contribution in [0.25, 0.3) is 0 Å². The monoisotopic (exact) mass is 241 g/mol. The fourth-order valence-electron chi connectivity index (χ4n) is 3.15. The van der Waals surface area contributed by atoms with Gasteiger partial charge in [0.1, 0.15) is 0 Å². The largest absolute Gasteiger partial charge is 0.370 e. The zero-order chi connectivity index (χ0) is 12.4. The Kier molecular flexibility index (Phi) is 3.21. The van der Waals surface area contributed by atoms with E-state index >= 15 is 0 Å². The summed E-state index contributed by atoms with van der Waals surface area (Å²) in [7, 11) is 0. The number of anilines is 1. The van der Waals surface area contributed by atoms with Crippen LogP contribution in [0.5, 0.6) is 0 Å². The molecule has 2 saturated heterocycles. The van der Waals surface area contributed by atoms with E-state index in [9.17, 15) is 0 Å². The highest BCUT2D eigenvalue weighted by molar-refractivity contribution is 5.52. The van der Waals surface area contributed by atoms with E-state index in [1.54, 1.807) is 0 Å². The van der Waals surface area contributed by atoms with Gasteiger partial charge in [0.25, 0.3) is 0 Å². The highest BCUT2D eigenvalue weighted by atomic mass is 15.3. The van der Waals surface area contributed by atoms with Crippen molar-refractivity contribution in [3.8, 4) is 6.07 Å². The zero-order valence-electron chi connectivity index (χ0n) is 10.7. The first-order valence-electron chi connectivity index (χ1n) is 6.86. The van der Waals surface area contributed by atoms with Crippen LogP contribution in [-0.4, -0.2) is 37.1 Å². The summed E-state index contributed by atoms with van der Waals surface area (Å²) in [5, 5.41) is 8.95. The molecule has 0 aliphatic carbocycles. The molecule has 18 heavy (non-hydrogen) atoms. The lowest BCUT2D eigenvalue weighted by Gasteiger charge is -2.24. The van der Waals surface area contributed by atoms with Crippen LogP contribution in [0.4, 0.5) is 5.69 Å². The number of hydrogen-bond donors (Lipinski definition) is 0. The molecule has 94 valence electrons. The number of likely N-dealkylation sites (tertiary alicyclic amines) is 1. The first kappa shape index (κ1) is 11.6. The fraction of sp³-hybridized carbons (Fsp3) is 0.533. The number of benzene rings is 1. The smallest absolute Gasteiger partial charge is 0.0992 e. The van der Waals surface area contributed by atoms with Crippen molar-refractivity contribution in [1.29, 1.82) is 5.26 Å². The van der Waals surface area contributed by atoms with Crippen molar-refractivity contribution in [2.24, 2.45) is 0 Å². The molecule has 2 aliphatic heterocycles. The van der Waals surface area contributed by atoms with Crippen molar-refractivity contribution in [2.45, 2.75) is 25.3 Å². The minimum atomic E-state index is 0.721. The number of rotatable bonds is 2. The van der Waals surface area contributed by atoms with Crippen LogP contribution >= 0.6 is 0 Å². The van der Waals surface area contributed by atoms with E-state index < -0.39 is 0 Å². The summed E-state index contributed by atoms with van der Waals surface area (Å²) in [4.78, 5) is 5.05. The molecule has 0 spiro atoms. The first-order chi connectivity index (χ1) is 8.86. The topological polar surface area (TPSA) is 30.3 Å². The van der Waals surface area contributed by atoms with Gasteiger partial charge < -0.3 is 4.90 Å². The van der Waals surface area contributed by atoms with E-state index in [2.05, 4.69) is 21.9 Å². The van der Waals surface area contributed by atoms with Crippen LogP contribution in [0.3, 0.4) is 0 Å². The third-order valence-electron chi connectivity index (χ3n) is 4.16. The molecule has 0 N–H and O–H groups in total. The highest BCUT2D eigenvalue weighted by Gasteiger charge is 2.29. The molecule has 0 amide bonds. The van der Waals surface area contributed by atoms with Crippen molar-refractivity contribution >= 4 is 5.69 Å². The van der Waals surface area contributed by atoms with Gasteiger partial charge in [0, 0.05) is 24.8 Å². The summed E-state index contributed by atoms with van der Waals surface area (Å²) < 4.78 is 0. The van der Waals surface area contributed by atoms with Gasteiger partial charge in [-0.25, -0.2) is 0 Å². The molecule has 3 rings (SSSR count). The molecule has 1 unspecified atom stereocenters. The molecule has 0 radical (unpaired) electrons. The van der Waals surface area contributed by atoms with Gasteiger partial charge in [-0.1, -0.05) is 6.07 Å². The van der Waals surface area contributed by atoms with Crippen LogP contribution < -0.4 is 4.90 Å². The molecule has 3 heteroatoms. The predicted molar refractivity (Wildman–Crippen MR) is 72.6 cm³/mol. The molecular formula is C15H19N3. The summed E-state index contributed by atoms with van der Waals surface area (Å²) >= 11 is 0. The minimum absolute atomic E-state index is 0.721. The second-order valence-electron chi connectivity index (χ2n) is 5.29. The molecule has 2 heterocycles. The molecule has 2 aliphatic rings. The third-order valence-corrected chi connectivity index (χ3v) is 4.16. The second-order valence-corrected chi connectivity index (χ2v) is 5.29. The predicted octanol–water partition coefficient (Wildman–Crippen LogP) is 2.23. The standard InChI is InChI=1S/C15H19N3/c16-11-13-4-3-5-14(10-13)18-9-6-15(12-18)17-7-1-2-8-17/h3-5,10,15H,1-2,6-9,12H2. The Morgan fingerprint density at radius 3 is 2.78 bits per heavy atom. The third kappa shape index (κ3) is 2.21. The van der Waals surface area contributed by atoms with E-state index in [1.165, 1.54) is 38.0 Å². The second kappa shape index (κ2) is 4.99. The number of nitrogens with zero attached hydrogens (tertiary/aromatic N) is 3. The average Bonchev–Trinajstić information content (AvgIpc) is 3.09. The van der Waals surface area contributed by atoms with Gasteiger partial charge in [0.15, 0.2) is 0 Å². The number of nitriles is 1. The van der Waals surface area contributed by atoms with Crippen molar-refractivity contribution in [2.75, 3.05) is 31.1 Å². The van der Waals surface area contributed by atoms with Gasteiger partial charge in [-0.2, -0.15) is 5.26 Å². The summed E-state index contributed by atoms with van der Waals surface area (Å²) in [6.45, 7) is 4.79. The van der Waals surface area contributed by atoms with E-state index in [1.807, 2.05) is 18.2 Å². The van der Waals surface area contributed by atoms with Gasteiger partial charge in [-0.15, -0.1) is 0 Å². The van der Waals surface area contributed by atoms with Crippen LogP contribution in [0.15, 0.2) is 24.3 Å². The first-order valence-corrected chi connectivity index (χ1v) is 6.86. The molecule has 1 aromatic rings. The molecule has 0 saturated carbocycles. The molecule has 3 nitrogen and oxygen atoms in total. The Balaban J connectivity index is 1.69. The van der Waals surface area contributed by atoms with E-state index in [-0.39, 0.29) is 0 Å². The molecule has 1 aromatic carbocycles. The summed E-state index contributed by atoms with van der Waals surface area (Å²) in [5.41, 5.74) is 1.97. The Bertz CT molecular complexity index is 457. The van der Waals surface area contributed by atoms with Crippen LogP contribution in [0.1, 0.15) is 24.8 Å². The summed E-state index contributed by atoms with van der Waals surface area (Å²) in [6.07, 6.45) is 3.98. The lowest BCUT2D eigenvalue weighted by Crippen LogP contribution is -2.35. The lowest BCUT2D eigenvalue weighted by molar-refractivity contribution is 0.260. The van der Waals surface area contributed by atoms with Crippen LogP contribution in [0, 0.1) is 11.3 Å². The van der Waals surface area contributed by atoms with Crippen LogP contribution in [-0.2, 0) is 0 Å². The normalized spacial score (nSPS) is 24.4. The SMILES string of the molecule is N#Cc1cccc(N2CCC(N3CCCC3)C2)c1. The van der Waals surface area contributed by atoms with E-state index in [0.717, 1.165) is 24.7 Å². The average molecular weight is 241 g/mol. The summed E-state index contributed by atoms with van der Waals surface area (Å²) in [6, 6.07) is 10.9. The highest BCUT2D eigenvalue weighted by Crippen LogP contribution is 2.25. The molecule has 1 atom stereocenters. The Labute approximate surface area is 109 Å².